The largest absolute Gasteiger partial charge is 0.313 e. The van der Waals surface area contributed by atoms with E-state index in [1.54, 1.807) is 0 Å². The molecule has 6 aromatic rings. The van der Waals surface area contributed by atoms with Crippen LogP contribution in [0.1, 0.15) is 67.9 Å². The number of hydrogen-bond acceptors (Lipinski definition) is 1. The molecule has 10 rings (SSSR count). The summed E-state index contributed by atoms with van der Waals surface area (Å²) in [5.74, 6) is 0. The number of nitrogens with zero attached hydrogens (tertiary/aromatic N) is 1. The van der Waals surface area contributed by atoms with E-state index >= 15 is 0 Å². The molecule has 0 radical (unpaired) electrons. The van der Waals surface area contributed by atoms with E-state index < -0.39 is 0 Å². The lowest BCUT2D eigenvalue weighted by Gasteiger charge is -2.51. The molecule has 0 N–H and O–H groups in total. The lowest BCUT2D eigenvalue weighted by atomic mass is 9.26. The van der Waals surface area contributed by atoms with Crippen LogP contribution in [-0.2, 0) is 10.8 Å². The van der Waals surface area contributed by atoms with E-state index in [-0.39, 0.29) is 60.0 Å². The topological polar surface area (TPSA) is 3.24 Å². The number of benzene rings is 6. The van der Waals surface area contributed by atoms with Crippen molar-refractivity contribution >= 4 is 63.3 Å². The summed E-state index contributed by atoms with van der Waals surface area (Å²) in [6, 6.07) is 29.8. The highest BCUT2D eigenvalue weighted by molar-refractivity contribution is 7.03. The average Bonchev–Trinajstić information content (AvgIpc) is 3.12. The molecule has 0 atom stereocenters. The van der Waals surface area contributed by atoms with Gasteiger partial charge in [-0.1, -0.05) is 142 Å². The highest BCUT2D eigenvalue weighted by Crippen LogP contribution is 2.47. The predicted octanol–water partition coefficient (Wildman–Crippen LogP) is 6.38. The van der Waals surface area contributed by atoms with E-state index in [2.05, 4.69) is 131 Å². The molecule has 0 unspecified atom stereocenters. The van der Waals surface area contributed by atoms with E-state index in [1.807, 2.05) is 0 Å². The Balaban J connectivity index is 1.43. The Morgan fingerprint density at radius 3 is 1.51 bits per heavy atom. The summed E-state index contributed by atoms with van der Waals surface area (Å²) >= 11 is 0. The second-order valence-corrected chi connectivity index (χ2v) is 15.0. The number of anilines is 3. The average molecular weight is 606 g/mol. The third-order valence-electron chi connectivity index (χ3n) is 11.9. The molecule has 0 aromatic heterocycles. The van der Waals surface area contributed by atoms with Gasteiger partial charge in [0.05, 0.1) is 6.85 Å². The highest BCUT2D eigenvalue weighted by atomic mass is 15.2. The molecule has 0 fully saturated rings. The fourth-order valence-electron chi connectivity index (χ4n) is 10.2. The fourth-order valence-corrected chi connectivity index (χ4v) is 10.2. The van der Waals surface area contributed by atoms with E-state index in [0.717, 1.165) is 16.6 Å². The summed E-state index contributed by atoms with van der Waals surface area (Å²) in [5.41, 5.74) is 19.0. The van der Waals surface area contributed by atoms with E-state index in [4.69, 9.17) is 6.85 Å². The number of hydrogen-bond donors (Lipinski definition) is 0. The van der Waals surface area contributed by atoms with E-state index in [1.165, 1.54) is 66.6 Å². The first-order chi connectivity index (χ1) is 24.8. The molecule has 0 aliphatic carbocycles. The third kappa shape index (κ3) is 3.28. The van der Waals surface area contributed by atoms with Crippen LogP contribution >= 0.6 is 0 Å². The SMILES string of the molecule is [2H]c1c([2H])c([2H])c(-c2cc3c4c(c2)B2c5ccccc5C(C)(C)c5c(C)ccc(c52)N4c2ccc(C)c4c2B3c2ccccc2C4(C)C)c([2H])c1[2H]. The maximum absolute atomic E-state index is 9.12. The van der Waals surface area contributed by atoms with Gasteiger partial charge in [-0.2, -0.15) is 0 Å². The number of rotatable bonds is 1. The van der Waals surface area contributed by atoms with Crippen LogP contribution in [0.2, 0.25) is 0 Å². The Labute approximate surface area is 286 Å². The van der Waals surface area contributed by atoms with Crippen molar-refractivity contribution in [2.45, 2.75) is 52.4 Å². The van der Waals surface area contributed by atoms with E-state index in [9.17, 15) is 0 Å². The molecular formula is C44H37B2N. The number of fused-ring (bicyclic) bond motifs is 8. The maximum Gasteiger partial charge on any atom is 0.247 e. The molecule has 0 amide bonds. The van der Waals surface area contributed by atoms with Gasteiger partial charge < -0.3 is 4.90 Å². The predicted molar refractivity (Wildman–Crippen MR) is 202 cm³/mol. The lowest BCUT2D eigenvalue weighted by molar-refractivity contribution is 0.640. The van der Waals surface area contributed by atoms with Gasteiger partial charge in [0.1, 0.15) is 0 Å². The zero-order chi connectivity index (χ0) is 36.3. The molecule has 0 saturated carbocycles. The van der Waals surface area contributed by atoms with Crippen LogP contribution in [0.3, 0.4) is 0 Å². The maximum atomic E-state index is 9.12. The molecule has 3 heteroatoms. The van der Waals surface area contributed by atoms with Gasteiger partial charge in [-0.3, -0.25) is 0 Å². The first-order valence-corrected chi connectivity index (χ1v) is 16.8. The van der Waals surface area contributed by atoms with Crippen molar-refractivity contribution in [3.05, 3.63) is 149 Å². The van der Waals surface area contributed by atoms with Crippen molar-refractivity contribution in [1.29, 1.82) is 0 Å². The van der Waals surface area contributed by atoms with Crippen molar-refractivity contribution in [2.24, 2.45) is 0 Å². The first-order valence-electron chi connectivity index (χ1n) is 19.3. The van der Waals surface area contributed by atoms with Crippen molar-refractivity contribution in [3.63, 3.8) is 0 Å². The summed E-state index contributed by atoms with van der Waals surface area (Å²) in [6.45, 7) is 13.6. The summed E-state index contributed by atoms with van der Waals surface area (Å²) in [6.07, 6.45) is 0. The van der Waals surface area contributed by atoms with Gasteiger partial charge in [-0.15, -0.1) is 0 Å². The van der Waals surface area contributed by atoms with Crippen LogP contribution in [0.5, 0.6) is 0 Å². The van der Waals surface area contributed by atoms with Crippen LogP contribution in [-0.4, -0.2) is 13.4 Å². The summed E-state index contributed by atoms with van der Waals surface area (Å²) in [7, 11) is 0. The minimum Gasteiger partial charge on any atom is -0.313 e. The summed E-state index contributed by atoms with van der Waals surface area (Å²) in [5, 5.41) is 0. The molecule has 4 aliphatic heterocycles. The summed E-state index contributed by atoms with van der Waals surface area (Å²) < 4.78 is 43.9. The van der Waals surface area contributed by atoms with Crippen molar-refractivity contribution in [2.75, 3.05) is 4.90 Å². The fraction of sp³-hybridized carbons (Fsp3) is 0.182. The first kappa shape index (κ1) is 22.7. The molecule has 0 saturated heterocycles. The van der Waals surface area contributed by atoms with Gasteiger partial charge in [-0.05, 0) is 92.3 Å². The van der Waals surface area contributed by atoms with Crippen LogP contribution in [0, 0.1) is 13.8 Å². The quantitative estimate of drug-likeness (QED) is 0.196. The normalized spacial score (nSPS) is 18.0. The molecule has 224 valence electrons. The second kappa shape index (κ2) is 8.98. The lowest BCUT2D eigenvalue weighted by Crippen LogP contribution is -2.70. The second-order valence-electron chi connectivity index (χ2n) is 15.0. The molecule has 4 heterocycles. The Bertz CT molecular complexity index is 2470. The molecule has 1 nitrogen and oxygen atoms in total. The molecule has 0 spiro atoms. The Morgan fingerprint density at radius 2 is 1.02 bits per heavy atom. The molecule has 47 heavy (non-hydrogen) atoms. The smallest absolute Gasteiger partial charge is 0.247 e. The zero-order valence-corrected chi connectivity index (χ0v) is 27.7. The van der Waals surface area contributed by atoms with Crippen LogP contribution < -0.4 is 37.7 Å². The molecule has 4 aliphatic rings. The molecule has 0 bridgehead atoms. The van der Waals surface area contributed by atoms with Gasteiger partial charge in [0.15, 0.2) is 0 Å². The Kier molecular flexibility index (Phi) is 4.34. The highest BCUT2D eigenvalue weighted by Gasteiger charge is 2.52. The standard InChI is InChI=1S/C44H37B2N/c1-26-20-22-36-40-38(26)43(3,4)30-16-10-12-18-32(30)45(40)34-24-29(28-14-8-7-9-15-28)25-35-42(34)47(36)37-23-21-27(2)39-41(37)46(35)33-19-13-11-17-31(33)44(39,5)6/h7-25H,1-6H3/i7D,8D,9D,14D,15D. The third-order valence-corrected chi connectivity index (χ3v) is 11.9. The van der Waals surface area contributed by atoms with Gasteiger partial charge in [-0.25, -0.2) is 0 Å². The molecule has 6 aromatic carbocycles. The minimum absolute atomic E-state index is 0.106. The van der Waals surface area contributed by atoms with Crippen LogP contribution in [0.25, 0.3) is 11.1 Å². The van der Waals surface area contributed by atoms with Crippen molar-refractivity contribution in [3.8, 4) is 11.1 Å². The summed E-state index contributed by atoms with van der Waals surface area (Å²) in [4.78, 5) is 2.51. The van der Waals surface area contributed by atoms with E-state index in [0.29, 0.717) is 5.56 Å². The molecular weight excluding hydrogens is 564 g/mol. The van der Waals surface area contributed by atoms with Gasteiger partial charge >= 0.3 is 0 Å². The number of aryl methyl sites for hydroxylation is 2. The van der Waals surface area contributed by atoms with Crippen molar-refractivity contribution in [1.82, 2.24) is 0 Å². The van der Waals surface area contributed by atoms with Gasteiger partial charge in [0, 0.05) is 27.9 Å². The van der Waals surface area contributed by atoms with Gasteiger partial charge in [0.2, 0.25) is 13.4 Å². The van der Waals surface area contributed by atoms with Crippen LogP contribution in [0.4, 0.5) is 17.1 Å². The Morgan fingerprint density at radius 1 is 0.553 bits per heavy atom. The minimum atomic E-state index is -0.376. The monoisotopic (exact) mass is 606 g/mol. The van der Waals surface area contributed by atoms with Crippen molar-refractivity contribution < 1.29 is 6.85 Å². The van der Waals surface area contributed by atoms with Gasteiger partial charge in [0.25, 0.3) is 0 Å². The zero-order valence-electron chi connectivity index (χ0n) is 32.7. The van der Waals surface area contributed by atoms with Crippen LogP contribution in [0.15, 0.2) is 115 Å². The Hall–Kier alpha value is -4.75.